The first-order valence-electron chi connectivity index (χ1n) is 14.5. The molecule has 0 saturated heterocycles. The second-order valence-corrected chi connectivity index (χ2v) is 11.1. The molecule has 0 fully saturated rings. The predicted molar refractivity (Wildman–Crippen MR) is 182 cm³/mol. The van der Waals surface area contributed by atoms with Crippen LogP contribution in [0.25, 0.3) is 35.4 Å². The highest BCUT2D eigenvalue weighted by Crippen LogP contribution is 2.37. The lowest BCUT2D eigenvalue weighted by Crippen LogP contribution is -2.26. The van der Waals surface area contributed by atoms with E-state index in [1.807, 2.05) is 36.4 Å². The molecule has 1 aromatic heterocycles. The Kier molecular flexibility index (Phi) is 11.5. The molecule has 0 spiro atoms. The number of aryl methyl sites for hydroxylation is 2. The van der Waals surface area contributed by atoms with Gasteiger partial charge in [0.25, 0.3) is 5.56 Å². The molecule has 0 saturated carbocycles. The second-order valence-electron chi connectivity index (χ2n) is 10.7. The maximum atomic E-state index is 15.2. The SMILES string of the molecule is C(=Cc1ccccc1)c1ccccc1.Cc1nn(C)c(=O)c(-c2c(F)ccc(Cl)c2/C=C/c2ccc(F)cc2)c1OC(=O)C(C)C. The minimum Gasteiger partial charge on any atom is -0.423 e. The monoisotopic (exact) mass is 638 g/mol. The minimum atomic E-state index is -0.724. The Morgan fingerprint density at radius 2 is 1.30 bits per heavy atom. The van der Waals surface area contributed by atoms with Crippen LogP contribution in [-0.2, 0) is 11.8 Å². The van der Waals surface area contributed by atoms with Crippen LogP contribution in [0, 0.1) is 24.5 Å². The average molecular weight is 639 g/mol. The van der Waals surface area contributed by atoms with Crippen LogP contribution in [0.1, 0.15) is 41.8 Å². The predicted octanol–water partition coefficient (Wildman–Crippen LogP) is 9.28. The summed E-state index contributed by atoms with van der Waals surface area (Å²) >= 11 is 6.37. The smallest absolute Gasteiger partial charge is 0.313 e. The molecule has 0 aliphatic rings. The number of benzene rings is 4. The maximum absolute atomic E-state index is 15.2. The van der Waals surface area contributed by atoms with Crippen LogP contribution in [0.3, 0.4) is 0 Å². The lowest BCUT2D eigenvalue weighted by Gasteiger charge is -2.17. The normalized spacial score (nSPS) is 11.1. The first-order valence-corrected chi connectivity index (χ1v) is 14.9. The summed E-state index contributed by atoms with van der Waals surface area (Å²) in [5.74, 6) is -2.30. The molecule has 0 N–H and O–H groups in total. The van der Waals surface area contributed by atoms with Crippen LogP contribution >= 0.6 is 11.6 Å². The van der Waals surface area contributed by atoms with Gasteiger partial charge in [0.1, 0.15) is 17.3 Å². The summed E-state index contributed by atoms with van der Waals surface area (Å²) in [6.45, 7) is 4.84. The molecule has 234 valence electrons. The Bertz CT molecular complexity index is 1880. The van der Waals surface area contributed by atoms with E-state index in [2.05, 4.69) is 41.5 Å². The van der Waals surface area contributed by atoms with E-state index in [1.165, 1.54) is 42.4 Å². The quantitative estimate of drug-likeness (QED) is 0.132. The molecular formula is C38H33ClF2N2O3. The van der Waals surface area contributed by atoms with Crippen LogP contribution in [0.5, 0.6) is 5.75 Å². The molecule has 5 nitrogen and oxygen atoms in total. The van der Waals surface area contributed by atoms with Crippen LogP contribution in [0.4, 0.5) is 8.78 Å². The van der Waals surface area contributed by atoms with E-state index in [9.17, 15) is 14.0 Å². The molecule has 4 aromatic carbocycles. The molecule has 8 heteroatoms. The Hall–Kier alpha value is -5.14. The van der Waals surface area contributed by atoms with Crippen molar-refractivity contribution < 1.29 is 18.3 Å². The molecule has 5 rings (SSSR count). The number of carbonyl (C=O) groups excluding carboxylic acids is 1. The van der Waals surface area contributed by atoms with Crippen LogP contribution in [0.15, 0.2) is 102 Å². The summed E-state index contributed by atoms with van der Waals surface area (Å²) in [6.07, 6.45) is 7.38. The van der Waals surface area contributed by atoms with E-state index in [0.717, 1.165) is 10.7 Å². The summed E-state index contributed by atoms with van der Waals surface area (Å²) in [5, 5.41) is 4.25. The van der Waals surface area contributed by atoms with Crippen molar-refractivity contribution in [3.05, 3.63) is 152 Å². The molecule has 0 aliphatic carbocycles. The van der Waals surface area contributed by atoms with Crippen molar-refractivity contribution in [2.45, 2.75) is 20.8 Å². The molecule has 46 heavy (non-hydrogen) atoms. The maximum Gasteiger partial charge on any atom is 0.313 e. The third kappa shape index (κ3) is 8.73. The lowest BCUT2D eigenvalue weighted by atomic mass is 9.97. The van der Waals surface area contributed by atoms with E-state index in [-0.39, 0.29) is 39.0 Å². The van der Waals surface area contributed by atoms with Gasteiger partial charge in [0.2, 0.25) is 0 Å². The fraction of sp³-hybridized carbons (Fsp3) is 0.132. The number of hydrogen-bond donors (Lipinski definition) is 0. The van der Waals surface area contributed by atoms with Crippen LogP contribution in [0.2, 0.25) is 5.02 Å². The van der Waals surface area contributed by atoms with Gasteiger partial charge in [-0.25, -0.2) is 13.5 Å². The molecule has 0 unspecified atom stereocenters. The highest BCUT2D eigenvalue weighted by molar-refractivity contribution is 6.32. The molecule has 0 amide bonds. The van der Waals surface area contributed by atoms with E-state index >= 15 is 4.39 Å². The van der Waals surface area contributed by atoms with E-state index in [1.54, 1.807) is 39.0 Å². The molecule has 5 aromatic rings. The topological polar surface area (TPSA) is 61.2 Å². The molecule has 1 heterocycles. The van der Waals surface area contributed by atoms with Gasteiger partial charge in [-0.1, -0.05) is 123 Å². The van der Waals surface area contributed by atoms with Crippen molar-refractivity contribution in [3.63, 3.8) is 0 Å². The van der Waals surface area contributed by atoms with Gasteiger partial charge in [-0.05, 0) is 47.9 Å². The summed E-state index contributed by atoms with van der Waals surface area (Å²) in [5.41, 5.74) is 2.63. The zero-order valence-electron chi connectivity index (χ0n) is 25.9. The van der Waals surface area contributed by atoms with E-state index in [0.29, 0.717) is 5.56 Å². The summed E-state index contributed by atoms with van der Waals surface area (Å²) < 4.78 is 34.9. The number of nitrogens with zero attached hydrogens (tertiary/aromatic N) is 2. The zero-order chi connectivity index (χ0) is 33.2. The average Bonchev–Trinajstić information content (AvgIpc) is 3.05. The number of halogens is 3. The number of ether oxygens (including phenoxy) is 1. The number of aromatic nitrogens is 2. The zero-order valence-corrected chi connectivity index (χ0v) is 26.6. The number of esters is 1. The molecule has 0 bridgehead atoms. The first kappa shape index (κ1) is 33.7. The van der Waals surface area contributed by atoms with E-state index in [4.69, 9.17) is 16.3 Å². The second kappa shape index (κ2) is 15.7. The van der Waals surface area contributed by atoms with Gasteiger partial charge < -0.3 is 4.74 Å². The largest absolute Gasteiger partial charge is 0.423 e. The number of carbonyl (C=O) groups is 1. The standard InChI is InChI=1S/C24H21ClF2N2O3.C14H12/c1-13(2)24(31)32-22-14(3)28-29(4)23(30)21(22)20-17(18(25)11-12-19(20)27)10-7-15-5-8-16(26)9-6-15;1-3-7-13(8-4-1)11-12-14-9-5-2-6-10-14/h5-13H,1-4H3;1-12H/b10-7+;. The van der Waals surface area contributed by atoms with Gasteiger partial charge in [0.15, 0.2) is 5.75 Å². The third-order valence-corrected chi connectivity index (χ3v) is 7.14. The number of rotatable bonds is 7. The Morgan fingerprint density at radius 3 is 1.85 bits per heavy atom. The molecule has 0 radical (unpaired) electrons. The molecular weight excluding hydrogens is 606 g/mol. The molecule has 0 aliphatic heterocycles. The van der Waals surface area contributed by atoms with Gasteiger partial charge >= 0.3 is 5.97 Å². The van der Waals surface area contributed by atoms with Crippen LogP contribution < -0.4 is 10.3 Å². The summed E-state index contributed by atoms with van der Waals surface area (Å²) in [7, 11) is 1.42. The Labute approximate surface area is 272 Å². The Balaban J connectivity index is 0.000000284. The fourth-order valence-corrected chi connectivity index (χ4v) is 4.60. The highest BCUT2D eigenvalue weighted by atomic mass is 35.5. The van der Waals surface area contributed by atoms with Crippen molar-refractivity contribution in [2.75, 3.05) is 0 Å². The van der Waals surface area contributed by atoms with Gasteiger partial charge in [0, 0.05) is 23.2 Å². The van der Waals surface area contributed by atoms with Crippen molar-refractivity contribution in [3.8, 4) is 16.9 Å². The minimum absolute atomic E-state index is 0.117. The van der Waals surface area contributed by atoms with Crippen molar-refractivity contribution in [1.29, 1.82) is 0 Å². The van der Waals surface area contributed by atoms with Gasteiger partial charge in [-0.15, -0.1) is 0 Å². The first-order chi connectivity index (χ1) is 22.0. The van der Waals surface area contributed by atoms with Gasteiger partial charge in [-0.2, -0.15) is 5.10 Å². The highest BCUT2D eigenvalue weighted by Gasteiger charge is 2.26. The summed E-state index contributed by atoms with van der Waals surface area (Å²) in [6, 6.07) is 28.8. The van der Waals surface area contributed by atoms with Crippen molar-refractivity contribution in [1.82, 2.24) is 9.78 Å². The lowest BCUT2D eigenvalue weighted by molar-refractivity contribution is -0.137. The van der Waals surface area contributed by atoms with Crippen molar-refractivity contribution >= 4 is 41.9 Å². The third-order valence-electron chi connectivity index (χ3n) is 6.81. The Morgan fingerprint density at radius 1 is 0.783 bits per heavy atom. The van der Waals surface area contributed by atoms with E-state index < -0.39 is 23.3 Å². The number of hydrogen-bond acceptors (Lipinski definition) is 4. The van der Waals surface area contributed by atoms with Crippen molar-refractivity contribution in [2.24, 2.45) is 13.0 Å². The van der Waals surface area contributed by atoms with Gasteiger partial charge in [-0.3, -0.25) is 9.59 Å². The van der Waals surface area contributed by atoms with Crippen LogP contribution in [-0.4, -0.2) is 15.7 Å². The molecule has 0 atom stereocenters. The summed E-state index contributed by atoms with van der Waals surface area (Å²) in [4.78, 5) is 25.4. The van der Waals surface area contributed by atoms with Gasteiger partial charge in [0.05, 0.1) is 11.5 Å². The fourth-order valence-electron chi connectivity index (χ4n) is 4.38.